The molecule has 0 aliphatic heterocycles. The zero-order valence-corrected chi connectivity index (χ0v) is 18.6. The second-order valence-corrected chi connectivity index (χ2v) is 8.53. The molecule has 6 rings (SSSR count). The van der Waals surface area contributed by atoms with Gasteiger partial charge in [-0.1, -0.05) is 88.7 Å². The molecule has 0 radical (unpaired) electrons. The maximum Gasteiger partial charge on any atom is 0.161 e. The van der Waals surface area contributed by atoms with Gasteiger partial charge in [0.1, 0.15) is 11.2 Å². The predicted octanol–water partition coefficient (Wildman–Crippen LogP) is 8.14. The van der Waals surface area contributed by atoms with Gasteiger partial charge in [0.15, 0.2) is 5.82 Å². The summed E-state index contributed by atoms with van der Waals surface area (Å²) < 4.78 is 7.13. The monoisotopic (exact) mass is 476 g/mol. The molecule has 0 atom stereocenters. The highest BCUT2D eigenvalue weighted by Crippen LogP contribution is 2.37. The molecule has 0 saturated carbocycles. The molecule has 0 N–H and O–H groups in total. The van der Waals surface area contributed by atoms with E-state index in [0.717, 1.165) is 54.5 Å². The van der Waals surface area contributed by atoms with Gasteiger partial charge in [0.25, 0.3) is 0 Å². The Labute approximate surface area is 193 Å². The van der Waals surface area contributed by atoms with Crippen molar-refractivity contribution in [2.75, 3.05) is 0 Å². The molecule has 0 amide bonds. The summed E-state index contributed by atoms with van der Waals surface area (Å²) in [4.78, 5) is 9.99. The summed E-state index contributed by atoms with van der Waals surface area (Å²) in [5.41, 5.74) is 6.51. The Morgan fingerprint density at radius 3 is 1.91 bits per heavy atom. The third kappa shape index (κ3) is 3.29. The fraction of sp³-hybridized carbons (Fsp3) is 0. The van der Waals surface area contributed by atoms with Crippen LogP contribution < -0.4 is 0 Å². The van der Waals surface area contributed by atoms with Crippen molar-refractivity contribution in [2.45, 2.75) is 0 Å². The first kappa shape index (κ1) is 19.0. The third-order valence-corrected chi connectivity index (χ3v) is 6.06. The first-order chi connectivity index (χ1) is 15.8. The minimum Gasteiger partial charge on any atom is -0.456 e. The van der Waals surface area contributed by atoms with Gasteiger partial charge in [-0.3, -0.25) is 0 Å². The number of rotatable bonds is 3. The summed E-state index contributed by atoms with van der Waals surface area (Å²) in [6.07, 6.45) is 0. The lowest BCUT2D eigenvalue weighted by Gasteiger charge is -2.10. The smallest absolute Gasteiger partial charge is 0.161 e. The van der Waals surface area contributed by atoms with E-state index in [1.54, 1.807) is 0 Å². The molecule has 0 spiro atoms. The lowest BCUT2D eigenvalue weighted by molar-refractivity contribution is 0.669. The first-order valence-electron chi connectivity index (χ1n) is 10.4. The summed E-state index contributed by atoms with van der Waals surface area (Å²) in [7, 11) is 0. The topological polar surface area (TPSA) is 38.9 Å². The van der Waals surface area contributed by atoms with Crippen molar-refractivity contribution in [1.29, 1.82) is 0 Å². The van der Waals surface area contributed by atoms with Gasteiger partial charge in [-0.05, 0) is 30.3 Å². The van der Waals surface area contributed by atoms with Gasteiger partial charge in [-0.15, -0.1) is 0 Å². The van der Waals surface area contributed by atoms with Crippen LogP contribution in [0.25, 0.3) is 55.8 Å². The number of fused-ring (bicyclic) bond motifs is 3. The van der Waals surface area contributed by atoms with Crippen molar-refractivity contribution in [1.82, 2.24) is 9.97 Å². The SMILES string of the molecule is Brc1ccc2oc3cccc(-c4nc(-c5ccccc5)cc(-c5ccccc5)n4)c3c2c1. The fourth-order valence-electron chi connectivity index (χ4n) is 4.07. The van der Waals surface area contributed by atoms with E-state index in [0.29, 0.717) is 5.82 Å². The fourth-order valence-corrected chi connectivity index (χ4v) is 4.43. The largest absolute Gasteiger partial charge is 0.456 e. The molecular formula is C28H17BrN2O. The van der Waals surface area contributed by atoms with E-state index in [-0.39, 0.29) is 0 Å². The Kier molecular flexibility index (Phi) is 4.58. The van der Waals surface area contributed by atoms with Crippen LogP contribution in [0.2, 0.25) is 0 Å². The van der Waals surface area contributed by atoms with E-state index in [1.807, 2.05) is 60.7 Å². The maximum absolute atomic E-state index is 6.12. The summed E-state index contributed by atoms with van der Waals surface area (Å²) in [6.45, 7) is 0. The molecule has 4 aromatic carbocycles. The van der Waals surface area contributed by atoms with Crippen LogP contribution in [-0.2, 0) is 0 Å². The van der Waals surface area contributed by atoms with E-state index < -0.39 is 0 Å². The predicted molar refractivity (Wildman–Crippen MR) is 133 cm³/mol. The quantitative estimate of drug-likeness (QED) is 0.258. The lowest BCUT2D eigenvalue weighted by atomic mass is 10.0. The molecular weight excluding hydrogens is 460 g/mol. The Bertz CT molecular complexity index is 1520. The standard InChI is InChI=1S/C28H17BrN2O/c29-20-14-15-25-22(16-20)27-21(12-7-13-26(27)32-25)28-30-23(18-8-3-1-4-9-18)17-24(31-28)19-10-5-2-6-11-19/h1-17H. The van der Waals surface area contributed by atoms with Gasteiger partial charge in [0.2, 0.25) is 0 Å². The van der Waals surface area contributed by atoms with E-state index in [1.165, 1.54) is 0 Å². The van der Waals surface area contributed by atoms with Crippen molar-refractivity contribution < 1.29 is 4.42 Å². The Morgan fingerprint density at radius 2 is 1.25 bits per heavy atom. The molecule has 2 heterocycles. The van der Waals surface area contributed by atoms with Crippen molar-refractivity contribution in [3.63, 3.8) is 0 Å². The summed E-state index contributed by atoms with van der Waals surface area (Å²) in [5, 5.41) is 2.06. The van der Waals surface area contributed by atoms with Gasteiger partial charge in [-0.25, -0.2) is 9.97 Å². The average Bonchev–Trinajstić information content (AvgIpc) is 3.23. The van der Waals surface area contributed by atoms with Crippen LogP contribution in [0.3, 0.4) is 0 Å². The summed E-state index contributed by atoms with van der Waals surface area (Å²) >= 11 is 3.60. The molecule has 0 aliphatic rings. The van der Waals surface area contributed by atoms with Crippen molar-refractivity contribution in [3.05, 3.63) is 108 Å². The highest BCUT2D eigenvalue weighted by molar-refractivity contribution is 9.10. The van der Waals surface area contributed by atoms with Gasteiger partial charge >= 0.3 is 0 Å². The lowest BCUT2D eigenvalue weighted by Crippen LogP contribution is -1.96. The van der Waals surface area contributed by atoms with Crippen LogP contribution in [0.15, 0.2) is 112 Å². The molecule has 0 unspecified atom stereocenters. The summed E-state index contributed by atoms with van der Waals surface area (Å²) in [6, 6.07) is 34.6. The minimum absolute atomic E-state index is 0.679. The van der Waals surface area contributed by atoms with Gasteiger partial charge in [-0.2, -0.15) is 0 Å². The number of furan rings is 1. The number of benzene rings is 4. The third-order valence-electron chi connectivity index (χ3n) is 5.56. The van der Waals surface area contributed by atoms with E-state index in [9.17, 15) is 0 Å². The molecule has 2 aromatic heterocycles. The average molecular weight is 477 g/mol. The molecule has 0 aliphatic carbocycles. The van der Waals surface area contributed by atoms with Crippen LogP contribution in [0.4, 0.5) is 0 Å². The minimum atomic E-state index is 0.679. The highest BCUT2D eigenvalue weighted by atomic mass is 79.9. The Balaban J connectivity index is 1.66. The molecule has 152 valence electrons. The molecule has 3 nitrogen and oxygen atoms in total. The Morgan fingerprint density at radius 1 is 0.594 bits per heavy atom. The number of hydrogen-bond acceptors (Lipinski definition) is 3. The van der Waals surface area contributed by atoms with Crippen molar-refractivity contribution in [2.24, 2.45) is 0 Å². The molecule has 0 saturated heterocycles. The van der Waals surface area contributed by atoms with Crippen molar-refractivity contribution >= 4 is 37.9 Å². The van der Waals surface area contributed by atoms with E-state index in [2.05, 4.69) is 58.4 Å². The number of halogens is 1. The second-order valence-electron chi connectivity index (χ2n) is 7.62. The van der Waals surface area contributed by atoms with Crippen LogP contribution in [0, 0.1) is 0 Å². The number of hydrogen-bond donors (Lipinski definition) is 0. The van der Waals surface area contributed by atoms with Crippen LogP contribution in [0.5, 0.6) is 0 Å². The van der Waals surface area contributed by atoms with Crippen LogP contribution >= 0.6 is 15.9 Å². The normalized spacial score (nSPS) is 11.3. The maximum atomic E-state index is 6.12. The zero-order chi connectivity index (χ0) is 21.5. The van der Waals surface area contributed by atoms with E-state index >= 15 is 0 Å². The van der Waals surface area contributed by atoms with Crippen LogP contribution in [-0.4, -0.2) is 9.97 Å². The van der Waals surface area contributed by atoms with Gasteiger partial charge < -0.3 is 4.42 Å². The molecule has 0 fully saturated rings. The van der Waals surface area contributed by atoms with E-state index in [4.69, 9.17) is 14.4 Å². The van der Waals surface area contributed by atoms with Crippen molar-refractivity contribution in [3.8, 4) is 33.9 Å². The number of aromatic nitrogens is 2. The summed E-state index contributed by atoms with van der Waals surface area (Å²) in [5.74, 6) is 0.679. The second kappa shape index (κ2) is 7.74. The molecule has 4 heteroatoms. The molecule has 0 bridgehead atoms. The first-order valence-corrected chi connectivity index (χ1v) is 11.2. The van der Waals surface area contributed by atoms with Gasteiger partial charge in [0, 0.05) is 31.9 Å². The molecule has 32 heavy (non-hydrogen) atoms. The highest BCUT2D eigenvalue weighted by Gasteiger charge is 2.17. The Hall–Kier alpha value is -3.76. The zero-order valence-electron chi connectivity index (χ0n) is 17.0. The van der Waals surface area contributed by atoms with Crippen LogP contribution in [0.1, 0.15) is 0 Å². The number of nitrogens with zero attached hydrogens (tertiary/aromatic N) is 2. The molecule has 6 aromatic rings. The van der Waals surface area contributed by atoms with Gasteiger partial charge in [0.05, 0.1) is 11.4 Å².